The number of hydrogen-bond donors (Lipinski definition) is 1. The Bertz CT molecular complexity index is 311. The molecule has 4 nitrogen and oxygen atoms in total. The van der Waals surface area contributed by atoms with Gasteiger partial charge in [-0.3, -0.25) is 0 Å². The fourth-order valence-electron chi connectivity index (χ4n) is 1.61. The number of nitrogens with zero attached hydrogens (tertiary/aromatic N) is 2. The molecule has 0 saturated carbocycles. The van der Waals surface area contributed by atoms with E-state index < -0.39 is 0 Å². The van der Waals surface area contributed by atoms with Crippen molar-refractivity contribution >= 4 is 5.82 Å². The summed E-state index contributed by atoms with van der Waals surface area (Å²) >= 11 is 0. The lowest BCUT2D eigenvalue weighted by Gasteiger charge is -2.22. The minimum atomic E-state index is 0.0371. The molecule has 0 fully saturated rings. The second-order valence-corrected chi connectivity index (χ2v) is 4.01. The monoisotopic (exact) mass is 237 g/mol. The first-order valence-corrected chi connectivity index (χ1v) is 6.23. The molecule has 1 aromatic rings. The quantitative estimate of drug-likeness (QED) is 0.737. The van der Waals surface area contributed by atoms with Crippen LogP contribution in [0.4, 0.5) is 5.82 Å². The van der Waals surface area contributed by atoms with Crippen LogP contribution in [-0.4, -0.2) is 31.3 Å². The summed E-state index contributed by atoms with van der Waals surface area (Å²) in [5, 5.41) is 0. The second-order valence-electron chi connectivity index (χ2n) is 4.01. The molecule has 0 spiro atoms. The smallest absolute Gasteiger partial charge is 0.128 e. The molecule has 0 radical (unpaired) electrons. The third-order valence-electron chi connectivity index (χ3n) is 2.71. The van der Waals surface area contributed by atoms with Gasteiger partial charge < -0.3 is 15.4 Å². The number of likely N-dealkylation sites (N-methyl/N-ethyl adjacent to an activating group) is 1. The predicted molar refractivity (Wildman–Crippen MR) is 71.2 cm³/mol. The van der Waals surface area contributed by atoms with Gasteiger partial charge in [0.1, 0.15) is 5.82 Å². The Balaban J connectivity index is 2.62. The highest BCUT2D eigenvalue weighted by Gasteiger charge is 2.06. The van der Waals surface area contributed by atoms with E-state index in [1.54, 1.807) is 0 Å². The van der Waals surface area contributed by atoms with Crippen LogP contribution >= 0.6 is 0 Å². The van der Waals surface area contributed by atoms with Crippen LogP contribution in [0.5, 0.6) is 0 Å². The fraction of sp³-hybridized carbons (Fsp3) is 0.615. The molecule has 0 aromatic carbocycles. The number of nitrogens with two attached hydrogens (primary N) is 1. The van der Waals surface area contributed by atoms with Crippen molar-refractivity contribution < 1.29 is 4.74 Å². The standard InChI is InChI=1S/C13H23N3O/c1-4-16(8-9-17-5-2)13-7-6-12(10-15-13)11(3)14/h6-7,10-11H,4-5,8-9,14H2,1-3H3/t11-/m1/s1. The van der Waals surface area contributed by atoms with Crippen molar-refractivity contribution in [3.8, 4) is 0 Å². The van der Waals surface area contributed by atoms with Gasteiger partial charge in [-0.25, -0.2) is 4.98 Å². The highest BCUT2D eigenvalue weighted by Crippen LogP contribution is 2.14. The lowest BCUT2D eigenvalue weighted by Crippen LogP contribution is -2.28. The lowest BCUT2D eigenvalue weighted by molar-refractivity contribution is 0.154. The van der Waals surface area contributed by atoms with E-state index in [4.69, 9.17) is 10.5 Å². The molecule has 0 saturated heterocycles. The molecule has 4 heteroatoms. The SMILES string of the molecule is CCOCCN(CC)c1ccc([C@@H](C)N)cn1. The van der Waals surface area contributed by atoms with Gasteiger partial charge in [-0.05, 0) is 32.4 Å². The number of pyridine rings is 1. The Hall–Kier alpha value is -1.13. The summed E-state index contributed by atoms with van der Waals surface area (Å²) in [5.41, 5.74) is 6.86. The lowest BCUT2D eigenvalue weighted by atomic mass is 10.1. The van der Waals surface area contributed by atoms with Crippen molar-refractivity contribution in [3.05, 3.63) is 23.9 Å². The molecule has 1 rings (SSSR count). The van der Waals surface area contributed by atoms with Gasteiger partial charge in [0.2, 0.25) is 0 Å². The van der Waals surface area contributed by atoms with Gasteiger partial charge >= 0.3 is 0 Å². The Kier molecular flexibility index (Phi) is 5.94. The van der Waals surface area contributed by atoms with E-state index in [1.165, 1.54) is 0 Å². The Morgan fingerprint density at radius 2 is 2.18 bits per heavy atom. The minimum Gasteiger partial charge on any atom is -0.380 e. The van der Waals surface area contributed by atoms with E-state index in [-0.39, 0.29) is 6.04 Å². The van der Waals surface area contributed by atoms with Gasteiger partial charge in [-0.15, -0.1) is 0 Å². The molecule has 0 aliphatic heterocycles. The topological polar surface area (TPSA) is 51.4 Å². The van der Waals surface area contributed by atoms with Crippen molar-refractivity contribution in [3.63, 3.8) is 0 Å². The Morgan fingerprint density at radius 3 is 2.65 bits per heavy atom. The third-order valence-corrected chi connectivity index (χ3v) is 2.71. The van der Waals surface area contributed by atoms with Gasteiger partial charge in [0, 0.05) is 31.9 Å². The summed E-state index contributed by atoms with van der Waals surface area (Å²) in [4.78, 5) is 6.64. The first kappa shape index (κ1) is 13.9. The minimum absolute atomic E-state index is 0.0371. The predicted octanol–water partition coefficient (Wildman–Crippen LogP) is 1.96. The van der Waals surface area contributed by atoms with Gasteiger partial charge in [0.05, 0.1) is 6.61 Å². The van der Waals surface area contributed by atoms with Crippen molar-refractivity contribution in [1.82, 2.24) is 4.98 Å². The molecule has 2 N–H and O–H groups in total. The average molecular weight is 237 g/mol. The fourth-order valence-corrected chi connectivity index (χ4v) is 1.61. The summed E-state index contributed by atoms with van der Waals surface area (Å²) in [7, 11) is 0. The Labute approximate surface area is 104 Å². The van der Waals surface area contributed by atoms with Crippen molar-refractivity contribution in [2.75, 3.05) is 31.2 Å². The molecule has 96 valence electrons. The molecule has 0 unspecified atom stereocenters. The number of hydrogen-bond acceptors (Lipinski definition) is 4. The van der Waals surface area contributed by atoms with E-state index >= 15 is 0 Å². The van der Waals surface area contributed by atoms with E-state index in [0.717, 1.165) is 37.7 Å². The maximum absolute atomic E-state index is 5.80. The zero-order chi connectivity index (χ0) is 12.7. The number of aromatic nitrogens is 1. The van der Waals surface area contributed by atoms with Crippen molar-refractivity contribution in [2.45, 2.75) is 26.8 Å². The van der Waals surface area contributed by atoms with Crippen LogP contribution in [0.15, 0.2) is 18.3 Å². The van der Waals surface area contributed by atoms with Gasteiger partial charge in [-0.1, -0.05) is 6.07 Å². The second kappa shape index (κ2) is 7.25. The zero-order valence-corrected chi connectivity index (χ0v) is 11.0. The normalized spacial score (nSPS) is 12.5. The van der Waals surface area contributed by atoms with Crippen LogP contribution in [0.25, 0.3) is 0 Å². The third kappa shape index (κ3) is 4.32. The van der Waals surface area contributed by atoms with Crippen LogP contribution in [0.2, 0.25) is 0 Å². The number of ether oxygens (including phenoxy) is 1. The zero-order valence-electron chi connectivity index (χ0n) is 11.0. The number of anilines is 1. The van der Waals surface area contributed by atoms with Gasteiger partial charge in [0.25, 0.3) is 0 Å². The number of rotatable bonds is 7. The first-order chi connectivity index (χ1) is 8.19. The molecule has 17 heavy (non-hydrogen) atoms. The summed E-state index contributed by atoms with van der Waals surface area (Å²) in [5.74, 6) is 0.983. The summed E-state index contributed by atoms with van der Waals surface area (Å²) in [6.07, 6.45) is 1.85. The van der Waals surface area contributed by atoms with Crippen LogP contribution in [-0.2, 0) is 4.74 Å². The molecular formula is C13H23N3O. The molecule has 0 aliphatic rings. The molecule has 0 amide bonds. The van der Waals surface area contributed by atoms with Crippen molar-refractivity contribution in [2.24, 2.45) is 5.73 Å². The van der Waals surface area contributed by atoms with Crippen LogP contribution in [0.1, 0.15) is 32.4 Å². The molecule has 1 atom stereocenters. The first-order valence-electron chi connectivity index (χ1n) is 6.23. The molecule has 1 aromatic heterocycles. The molecule has 1 heterocycles. The summed E-state index contributed by atoms with van der Waals surface area (Å²) in [6, 6.07) is 4.10. The van der Waals surface area contributed by atoms with Crippen molar-refractivity contribution in [1.29, 1.82) is 0 Å². The Morgan fingerprint density at radius 1 is 1.41 bits per heavy atom. The molecular weight excluding hydrogens is 214 g/mol. The van der Waals surface area contributed by atoms with Crippen LogP contribution in [0, 0.1) is 0 Å². The molecule has 0 bridgehead atoms. The van der Waals surface area contributed by atoms with E-state index in [2.05, 4.69) is 16.8 Å². The highest BCUT2D eigenvalue weighted by molar-refractivity contribution is 5.39. The highest BCUT2D eigenvalue weighted by atomic mass is 16.5. The maximum atomic E-state index is 5.80. The maximum Gasteiger partial charge on any atom is 0.128 e. The van der Waals surface area contributed by atoms with E-state index in [0.29, 0.717) is 0 Å². The molecule has 0 aliphatic carbocycles. The van der Waals surface area contributed by atoms with Gasteiger partial charge in [0.15, 0.2) is 0 Å². The summed E-state index contributed by atoms with van der Waals surface area (Å²) < 4.78 is 5.36. The summed E-state index contributed by atoms with van der Waals surface area (Å²) in [6.45, 7) is 9.38. The van der Waals surface area contributed by atoms with E-state index in [1.807, 2.05) is 32.2 Å². The van der Waals surface area contributed by atoms with Gasteiger partial charge in [-0.2, -0.15) is 0 Å². The van der Waals surface area contributed by atoms with E-state index in [9.17, 15) is 0 Å². The largest absolute Gasteiger partial charge is 0.380 e. The van der Waals surface area contributed by atoms with Crippen LogP contribution in [0.3, 0.4) is 0 Å². The van der Waals surface area contributed by atoms with Crippen LogP contribution < -0.4 is 10.6 Å². The average Bonchev–Trinajstić information content (AvgIpc) is 2.35.